The van der Waals surface area contributed by atoms with E-state index in [9.17, 15) is 14.9 Å². The van der Waals surface area contributed by atoms with Gasteiger partial charge in [-0.2, -0.15) is 5.10 Å². The number of non-ortho nitro benzene ring substituents is 1. The maximum absolute atomic E-state index is 11.9. The third-order valence-corrected chi connectivity index (χ3v) is 2.90. The van der Waals surface area contributed by atoms with Gasteiger partial charge in [-0.25, -0.2) is 5.43 Å². The standard InChI is InChI=1S/C14H16N6O3/c1-14(2,3)11-12(21)16-13(19-17-11)18-15-8-9-4-6-10(7-5-9)20(22)23/h4-8H,1-3H3,(H2,16,18,19,21). The summed E-state index contributed by atoms with van der Waals surface area (Å²) in [5.41, 5.74) is 2.82. The molecule has 0 spiro atoms. The second-order valence-corrected chi connectivity index (χ2v) is 5.82. The van der Waals surface area contributed by atoms with Gasteiger partial charge in [-0.1, -0.05) is 20.8 Å². The number of anilines is 1. The highest BCUT2D eigenvalue weighted by atomic mass is 16.6. The Kier molecular flexibility index (Phi) is 4.49. The third-order valence-electron chi connectivity index (χ3n) is 2.90. The van der Waals surface area contributed by atoms with E-state index in [1.54, 1.807) is 12.1 Å². The Hall–Kier alpha value is -3.10. The van der Waals surface area contributed by atoms with E-state index in [-0.39, 0.29) is 17.2 Å². The van der Waals surface area contributed by atoms with Gasteiger partial charge < -0.3 is 0 Å². The third kappa shape index (κ3) is 4.19. The maximum atomic E-state index is 11.9. The molecule has 0 bridgehead atoms. The van der Waals surface area contributed by atoms with Crippen LogP contribution >= 0.6 is 0 Å². The molecule has 2 N–H and O–H groups in total. The highest BCUT2D eigenvalue weighted by Gasteiger charge is 2.20. The van der Waals surface area contributed by atoms with Crippen LogP contribution < -0.4 is 11.0 Å². The monoisotopic (exact) mass is 316 g/mol. The predicted octanol–water partition coefficient (Wildman–Crippen LogP) is 1.82. The number of H-pyrrole nitrogens is 1. The van der Waals surface area contributed by atoms with Gasteiger partial charge in [0.15, 0.2) is 0 Å². The molecule has 0 amide bonds. The Morgan fingerprint density at radius 3 is 2.43 bits per heavy atom. The Balaban J connectivity index is 2.07. The molecule has 0 atom stereocenters. The van der Waals surface area contributed by atoms with Gasteiger partial charge in [0.25, 0.3) is 11.2 Å². The fourth-order valence-corrected chi connectivity index (χ4v) is 1.73. The number of nitro groups is 1. The van der Waals surface area contributed by atoms with Crippen LogP contribution in [0.3, 0.4) is 0 Å². The normalized spacial score (nSPS) is 11.6. The number of nitro benzene ring substituents is 1. The zero-order valence-electron chi connectivity index (χ0n) is 12.9. The highest BCUT2D eigenvalue weighted by Crippen LogP contribution is 2.15. The van der Waals surface area contributed by atoms with Crippen LogP contribution in [0.2, 0.25) is 0 Å². The van der Waals surface area contributed by atoms with E-state index in [0.717, 1.165) is 0 Å². The fourth-order valence-electron chi connectivity index (χ4n) is 1.73. The number of hydrogen-bond donors (Lipinski definition) is 2. The topological polar surface area (TPSA) is 126 Å². The molecule has 0 radical (unpaired) electrons. The van der Waals surface area contributed by atoms with E-state index in [1.807, 2.05) is 20.8 Å². The average molecular weight is 316 g/mol. The summed E-state index contributed by atoms with van der Waals surface area (Å²) in [6.07, 6.45) is 1.45. The lowest BCUT2D eigenvalue weighted by molar-refractivity contribution is -0.384. The smallest absolute Gasteiger partial charge is 0.274 e. The van der Waals surface area contributed by atoms with Crippen LogP contribution in [0.5, 0.6) is 0 Å². The van der Waals surface area contributed by atoms with Gasteiger partial charge >= 0.3 is 0 Å². The zero-order chi connectivity index (χ0) is 17.0. The minimum absolute atomic E-state index is 0.00285. The molecule has 0 saturated carbocycles. The molecular formula is C14H16N6O3. The molecule has 23 heavy (non-hydrogen) atoms. The van der Waals surface area contributed by atoms with Crippen molar-refractivity contribution in [2.75, 3.05) is 5.43 Å². The number of nitrogens with one attached hydrogen (secondary N) is 2. The molecule has 0 aliphatic heterocycles. The lowest BCUT2D eigenvalue weighted by Gasteiger charge is -2.15. The SMILES string of the molecule is CC(C)(C)c1nnc(NN=Cc2ccc([N+](=O)[O-])cc2)[nH]c1=O. The zero-order valence-corrected chi connectivity index (χ0v) is 12.9. The summed E-state index contributed by atoms with van der Waals surface area (Å²) in [6, 6.07) is 5.86. The first-order valence-electron chi connectivity index (χ1n) is 6.78. The van der Waals surface area contributed by atoms with Crippen LogP contribution in [0.1, 0.15) is 32.0 Å². The molecule has 1 aromatic heterocycles. The molecule has 1 aromatic carbocycles. The van der Waals surface area contributed by atoms with Crippen LogP contribution in [0.15, 0.2) is 34.2 Å². The van der Waals surface area contributed by atoms with Crippen LogP contribution in [0.25, 0.3) is 0 Å². The first-order chi connectivity index (χ1) is 10.8. The van der Waals surface area contributed by atoms with E-state index >= 15 is 0 Å². The van der Waals surface area contributed by atoms with Crippen molar-refractivity contribution in [3.05, 3.63) is 56.0 Å². The second-order valence-electron chi connectivity index (χ2n) is 5.82. The van der Waals surface area contributed by atoms with Crippen LogP contribution in [0.4, 0.5) is 11.6 Å². The van der Waals surface area contributed by atoms with Crippen LogP contribution in [-0.2, 0) is 5.41 Å². The minimum Gasteiger partial charge on any atom is -0.288 e. The van der Waals surface area contributed by atoms with Crippen molar-refractivity contribution in [3.8, 4) is 0 Å². The van der Waals surface area contributed by atoms with Crippen molar-refractivity contribution in [2.24, 2.45) is 5.10 Å². The van der Waals surface area contributed by atoms with E-state index < -0.39 is 10.3 Å². The molecular weight excluding hydrogens is 300 g/mol. The predicted molar refractivity (Wildman–Crippen MR) is 85.7 cm³/mol. The number of hydrogen-bond acceptors (Lipinski definition) is 7. The number of nitrogens with zero attached hydrogens (tertiary/aromatic N) is 4. The molecule has 0 aliphatic rings. The molecule has 0 saturated heterocycles. The molecule has 0 fully saturated rings. The second kappa shape index (κ2) is 6.34. The molecule has 2 aromatic rings. The van der Waals surface area contributed by atoms with Crippen molar-refractivity contribution in [3.63, 3.8) is 0 Å². The summed E-state index contributed by atoms with van der Waals surface area (Å²) in [7, 11) is 0. The number of aromatic amines is 1. The van der Waals surface area contributed by atoms with Crippen molar-refractivity contribution < 1.29 is 4.92 Å². The summed E-state index contributed by atoms with van der Waals surface area (Å²) in [4.78, 5) is 24.5. The Bertz CT molecular complexity index is 789. The average Bonchev–Trinajstić information content (AvgIpc) is 2.46. The molecule has 9 heteroatoms. The largest absolute Gasteiger partial charge is 0.288 e. The molecule has 1 heterocycles. The van der Waals surface area contributed by atoms with Crippen LogP contribution in [0, 0.1) is 10.1 Å². The summed E-state index contributed by atoms with van der Waals surface area (Å²) < 4.78 is 0. The maximum Gasteiger partial charge on any atom is 0.274 e. The van der Waals surface area contributed by atoms with Crippen molar-refractivity contribution in [1.29, 1.82) is 0 Å². The van der Waals surface area contributed by atoms with Gasteiger partial charge in [-0.3, -0.25) is 19.9 Å². The number of hydrazone groups is 1. The Morgan fingerprint density at radius 1 is 1.26 bits per heavy atom. The van der Waals surface area contributed by atoms with E-state index in [1.165, 1.54) is 18.3 Å². The quantitative estimate of drug-likeness (QED) is 0.503. The van der Waals surface area contributed by atoms with E-state index in [2.05, 4.69) is 25.7 Å². The van der Waals surface area contributed by atoms with E-state index in [4.69, 9.17) is 0 Å². The Labute approximate surface area is 131 Å². The van der Waals surface area contributed by atoms with Gasteiger partial charge in [0, 0.05) is 17.5 Å². The number of rotatable bonds is 4. The lowest BCUT2D eigenvalue weighted by Crippen LogP contribution is -2.28. The van der Waals surface area contributed by atoms with Crippen molar-refractivity contribution in [2.45, 2.75) is 26.2 Å². The molecule has 0 aliphatic carbocycles. The summed E-state index contributed by atoms with van der Waals surface area (Å²) in [6.45, 7) is 5.60. The first-order valence-corrected chi connectivity index (χ1v) is 6.78. The highest BCUT2D eigenvalue weighted by molar-refractivity contribution is 5.80. The summed E-state index contributed by atoms with van der Waals surface area (Å²) in [5, 5.41) is 22.2. The van der Waals surface area contributed by atoms with Crippen molar-refractivity contribution in [1.82, 2.24) is 15.2 Å². The lowest BCUT2D eigenvalue weighted by atomic mass is 9.93. The van der Waals surface area contributed by atoms with Gasteiger partial charge in [0.1, 0.15) is 5.69 Å². The molecule has 2 rings (SSSR count). The van der Waals surface area contributed by atoms with E-state index in [0.29, 0.717) is 11.3 Å². The van der Waals surface area contributed by atoms with Gasteiger partial charge in [-0.05, 0) is 17.7 Å². The fraction of sp³-hybridized carbons (Fsp3) is 0.286. The molecule has 9 nitrogen and oxygen atoms in total. The van der Waals surface area contributed by atoms with Crippen molar-refractivity contribution >= 4 is 17.9 Å². The summed E-state index contributed by atoms with van der Waals surface area (Å²) in [5.74, 6) is 0.112. The minimum atomic E-state index is -0.476. The number of aromatic nitrogens is 3. The molecule has 0 unspecified atom stereocenters. The Morgan fingerprint density at radius 2 is 1.91 bits per heavy atom. The van der Waals surface area contributed by atoms with Crippen LogP contribution in [-0.4, -0.2) is 26.3 Å². The molecule has 120 valence electrons. The summed E-state index contributed by atoms with van der Waals surface area (Å²) >= 11 is 0. The first kappa shape index (κ1) is 16.3. The number of benzene rings is 1. The van der Waals surface area contributed by atoms with Gasteiger partial charge in [0.2, 0.25) is 5.95 Å². The van der Waals surface area contributed by atoms with Gasteiger partial charge in [0.05, 0.1) is 11.1 Å². The van der Waals surface area contributed by atoms with Gasteiger partial charge in [-0.15, -0.1) is 10.2 Å².